The van der Waals surface area contributed by atoms with E-state index in [0.717, 1.165) is 12.0 Å². The molecular formula is C21H22N2O4. The van der Waals surface area contributed by atoms with Crippen LogP contribution in [-0.4, -0.2) is 22.9 Å². The first kappa shape index (κ1) is 18.6. The summed E-state index contributed by atoms with van der Waals surface area (Å²) in [7, 11) is 0. The Labute approximate surface area is 157 Å². The highest BCUT2D eigenvalue weighted by atomic mass is 16.4. The van der Waals surface area contributed by atoms with E-state index in [9.17, 15) is 14.4 Å². The third kappa shape index (κ3) is 5.17. The number of hydrogen-bond acceptors (Lipinski definition) is 3. The molecule has 0 saturated heterocycles. The molecule has 2 unspecified atom stereocenters. The standard InChI is InChI=1S/C21H22N2O4/c1-13-11-18(13)21(27)23-17-4-2-3-15(12-17)20(26)22-16-8-5-14(6-9-16)7-10-19(24)25/h2-6,8-9,12-13,18H,7,10-11H2,1H3,(H,22,26)(H,23,27)(H,24,25). The number of carbonyl (C=O) groups excluding carboxylic acids is 2. The molecule has 1 saturated carbocycles. The Hall–Kier alpha value is -3.15. The van der Waals surface area contributed by atoms with Gasteiger partial charge < -0.3 is 15.7 Å². The van der Waals surface area contributed by atoms with Crippen LogP contribution in [0.15, 0.2) is 48.5 Å². The maximum absolute atomic E-state index is 12.4. The Morgan fingerprint density at radius 3 is 2.37 bits per heavy atom. The summed E-state index contributed by atoms with van der Waals surface area (Å²) in [6.07, 6.45) is 1.43. The number of carboxylic acids is 1. The van der Waals surface area contributed by atoms with E-state index in [1.807, 2.05) is 6.92 Å². The van der Waals surface area contributed by atoms with Crippen LogP contribution in [-0.2, 0) is 16.0 Å². The van der Waals surface area contributed by atoms with E-state index < -0.39 is 5.97 Å². The minimum absolute atomic E-state index is 0.00277. The Morgan fingerprint density at radius 2 is 1.74 bits per heavy atom. The largest absolute Gasteiger partial charge is 0.481 e. The van der Waals surface area contributed by atoms with Crippen molar-refractivity contribution in [2.45, 2.75) is 26.2 Å². The second-order valence-corrected chi connectivity index (χ2v) is 6.93. The Balaban J connectivity index is 1.59. The summed E-state index contributed by atoms with van der Waals surface area (Å²) in [5.74, 6) is -0.617. The smallest absolute Gasteiger partial charge is 0.303 e. The molecule has 0 aliphatic heterocycles. The molecule has 2 aromatic rings. The number of aryl methyl sites for hydroxylation is 1. The number of rotatable bonds is 7. The minimum atomic E-state index is -0.838. The molecule has 6 nitrogen and oxygen atoms in total. The second kappa shape index (κ2) is 8.03. The predicted molar refractivity (Wildman–Crippen MR) is 103 cm³/mol. The number of anilines is 2. The molecule has 2 amide bonds. The Kier molecular flexibility index (Phi) is 5.54. The summed E-state index contributed by atoms with van der Waals surface area (Å²) in [4.78, 5) is 35.1. The van der Waals surface area contributed by atoms with Crippen LogP contribution in [0.5, 0.6) is 0 Å². The van der Waals surface area contributed by atoms with Gasteiger partial charge in [-0.15, -0.1) is 0 Å². The van der Waals surface area contributed by atoms with Crippen molar-refractivity contribution in [1.82, 2.24) is 0 Å². The average molecular weight is 366 g/mol. The molecule has 1 aliphatic rings. The van der Waals surface area contributed by atoms with Gasteiger partial charge in [-0.2, -0.15) is 0 Å². The van der Waals surface area contributed by atoms with Gasteiger partial charge in [0.1, 0.15) is 0 Å². The molecule has 140 valence electrons. The number of nitrogens with one attached hydrogen (secondary N) is 2. The quantitative estimate of drug-likeness (QED) is 0.698. The van der Waals surface area contributed by atoms with Crippen LogP contribution in [0.1, 0.15) is 35.7 Å². The predicted octanol–water partition coefficient (Wildman–Crippen LogP) is 3.55. The van der Waals surface area contributed by atoms with E-state index in [2.05, 4.69) is 10.6 Å². The fourth-order valence-corrected chi connectivity index (χ4v) is 2.87. The number of carbonyl (C=O) groups is 3. The van der Waals surface area contributed by atoms with Crippen molar-refractivity contribution in [2.24, 2.45) is 11.8 Å². The first-order chi connectivity index (χ1) is 12.9. The summed E-state index contributed by atoms with van der Waals surface area (Å²) in [5, 5.41) is 14.4. The highest BCUT2D eigenvalue weighted by Crippen LogP contribution is 2.38. The average Bonchev–Trinajstić information content (AvgIpc) is 3.38. The highest BCUT2D eigenvalue weighted by molar-refractivity contribution is 6.05. The fraction of sp³-hybridized carbons (Fsp3) is 0.286. The number of carboxylic acid groups (broad SMARTS) is 1. The number of benzene rings is 2. The van der Waals surface area contributed by atoms with Gasteiger partial charge in [0.05, 0.1) is 0 Å². The first-order valence-electron chi connectivity index (χ1n) is 8.95. The maximum Gasteiger partial charge on any atom is 0.303 e. The van der Waals surface area contributed by atoms with Crippen LogP contribution in [0.2, 0.25) is 0 Å². The number of amides is 2. The zero-order valence-corrected chi connectivity index (χ0v) is 15.1. The van der Waals surface area contributed by atoms with Crippen LogP contribution in [0.3, 0.4) is 0 Å². The van der Waals surface area contributed by atoms with Gasteiger partial charge in [0.2, 0.25) is 5.91 Å². The molecule has 0 spiro atoms. The van der Waals surface area contributed by atoms with Crippen molar-refractivity contribution in [3.8, 4) is 0 Å². The van der Waals surface area contributed by atoms with E-state index in [0.29, 0.717) is 29.3 Å². The topological polar surface area (TPSA) is 95.5 Å². The summed E-state index contributed by atoms with van der Waals surface area (Å²) >= 11 is 0. The zero-order valence-electron chi connectivity index (χ0n) is 15.1. The molecule has 3 rings (SSSR count). The van der Waals surface area contributed by atoms with Crippen LogP contribution in [0, 0.1) is 11.8 Å². The van der Waals surface area contributed by atoms with E-state index in [1.165, 1.54) is 0 Å². The van der Waals surface area contributed by atoms with Crippen LogP contribution < -0.4 is 10.6 Å². The van der Waals surface area contributed by atoms with Crippen molar-refractivity contribution in [3.63, 3.8) is 0 Å². The molecule has 3 N–H and O–H groups in total. The normalized spacial score (nSPS) is 17.8. The second-order valence-electron chi connectivity index (χ2n) is 6.93. The lowest BCUT2D eigenvalue weighted by Gasteiger charge is -2.09. The van der Waals surface area contributed by atoms with Gasteiger partial charge in [-0.25, -0.2) is 0 Å². The Bertz CT molecular complexity index is 861. The van der Waals surface area contributed by atoms with Gasteiger partial charge in [-0.1, -0.05) is 25.1 Å². The molecule has 1 fully saturated rings. The SMILES string of the molecule is CC1CC1C(=O)Nc1cccc(C(=O)Nc2ccc(CCC(=O)O)cc2)c1. The van der Waals surface area contributed by atoms with Gasteiger partial charge in [0, 0.05) is 29.3 Å². The van der Waals surface area contributed by atoms with Crippen molar-refractivity contribution >= 4 is 29.2 Å². The summed E-state index contributed by atoms with van der Waals surface area (Å²) < 4.78 is 0. The molecule has 1 aliphatic carbocycles. The first-order valence-corrected chi connectivity index (χ1v) is 8.95. The molecule has 0 bridgehead atoms. The molecule has 0 radical (unpaired) electrons. The van der Waals surface area contributed by atoms with Crippen molar-refractivity contribution in [2.75, 3.05) is 10.6 Å². The number of aliphatic carboxylic acids is 1. The molecule has 0 aromatic heterocycles. The lowest BCUT2D eigenvalue weighted by molar-refractivity contribution is -0.137. The highest BCUT2D eigenvalue weighted by Gasteiger charge is 2.39. The minimum Gasteiger partial charge on any atom is -0.481 e. The maximum atomic E-state index is 12.4. The molecule has 2 atom stereocenters. The van der Waals surface area contributed by atoms with E-state index in [-0.39, 0.29) is 24.2 Å². The van der Waals surface area contributed by atoms with E-state index >= 15 is 0 Å². The third-order valence-corrected chi connectivity index (χ3v) is 4.68. The van der Waals surface area contributed by atoms with Crippen LogP contribution in [0.4, 0.5) is 11.4 Å². The molecule has 27 heavy (non-hydrogen) atoms. The third-order valence-electron chi connectivity index (χ3n) is 4.68. The molecule has 6 heteroatoms. The monoisotopic (exact) mass is 366 g/mol. The van der Waals surface area contributed by atoms with Gasteiger partial charge >= 0.3 is 5.97 Å². The molecule has 2 aromatic carbocycles. The molecule has 0 heterocycles. The van der Waals surface area contributed by atoms with Gasteiger partial charge in [-0.3, -0.25) is 14.4 Å². The van der Waals surface area contributed by atoms with E-state index in [4.69, 9.17) is 5.11 Å². The summed E-state index contributed by atoms with van der Waals surface area (Å²) in [5.41, 5.74) is 2.58. The number of hydrogen-bond donors (Lipinski definition) is 3. The fourth-order valence-electron chi connectivity index (χ4n) is 2.87. The molecular weight excluding hydrogens is 344 g/mol. The van der Waals surface area contributed by atoms with Crippen molar-refractivity contribution in [1.29, 1.82) is 0 Å². The van der Waals surface area contributed by atoms with Gasteiger partial charge in [0.25, 0.3) is 5.91 Å². The van der Waals surface area contributed by atoms with Crippen LogP contribution in [0.25, 0.3) is 0 Å². The van der Waals surface area contributed by atoms with Gasteiger partial charge in [0.15, 0.2) is 0 Å². The van der Waals surface area contributed by atoms with Crippen molar-refractivity contribution < 1.29 is 19.5 Å². The lowest BCUT2D eigenvalue weighted by atomic mass is 10.1. The Morgan fingerprint density at radius 1 is 1.04 bits per heavy atom. The van der Waals surface area contributed by atoms with Crippen molar-refractivity contribution in [3.05, 3.63) is 59.7 Å². The summed E-state index contributed by atoms with van der Waals surface area (Å²) in [6.45, 7) is 2.04. The van der Waals surface area contributed by atoms with E-state index in [1.54, 1.807) is 48.5 Å². The van der Waals surface area contributed by atoms with Crippen LogP contribution >= 0.6 is 0 Å². The lowest BCUT2D eigenvalue weighted by Crippen LogP contribution is -2.16. The zero-order chi connectivity index (χ0) is 19.4. The summed E-state index contributed by atoms with van der Waals surface area (Å²) in [6, 6.07) is 13.9. The van der Waals surface area contributed by atoms with Gasteiger partial charge in [-0.05, 0) is 54.7 Å².